The average Bonchev–Trinajstić information content (AvgIpc) is 2.72. The number of hydrogen-bond acceptors (Lipinski definition) is 3. The molecule has 0 spiro atoms. The van der Waals surface area contributed by atoms with Crippen molar-refractivity contribution in [3.63, 3.8) is 0 Å². The first-order valence-corrected chi connectivity index (χ1v) is 6.80. The van der Waals surface area contributed by atoms with Gasteiger partial charge < -0.3 is 5.11 Å². The van der Waals surface area contributed by atoms with E-state index in [1.807, 2.05) is 0 Å². The smallest absolute Gasteiger partial charge is 0.336 e. The zero-order valence-corrected chi connectivity index (χ0v) is 12.1. The standard InChI is InChI=1S/C15H8BrNO4/c16-12-6-5-8(7-11(12)15(20)21)17-13(18)9-3-1-2-4-10(9)14(17)19/h1-7H,(H,20,21). The van der Waals surface area contributed by atoms with Gasteiger partial charge in [-0.3, -0.25) is 9.59 Å². The lowest BCUT2D eigenvalue weighted by atomic mass is 10.1. The summed E-state index contributed by atoms with van der Waals surface area (Å²) in [5.41, 5.74) is 0.871. The van der Waals surface area contributed by atoms with Crippen LogP contribution in [0.5, 0.6) is 0 Å². The number of nitrogens with zero attached hydrogens (tertiary/aromatic N) is 1. The van der Waals surface area contributed by atoms with Gasteiger partial charge >= 0.3 is 5.97 Å². The summed E-state index contributed by atoms with van der Waals surface area (Å²) in [5.74, 6) is -2.04. The van der Waals surface area contributed by atoms with Gasteiger partial charge in [-0.05, 0) is 46.3 Å². The lowest BCUT2D eigenvalue weighted by Gasteiger charge is -2.14. The molecular formula is C15H8BrNO4. The van der Waals surface area contributed by atoms with E-state index in [9.17, 15) is 14.4 Å². The molecule has 6 heteroatoms. The van der Waals surface area contributed by atoms with Gasteiger partial charge in [-0.1, -0.05) is 12.1 Å². The molecule has 0 unspecified atom stereocenters. The molecule has 1 aliphatic rings. The highest BCUT2D eigenvalue weighted by molar-refractivity contribution is 9.10. The van der Waals surface area contributed by atoms with Gasteiger partial charge in [-0.15, -0.1) is 0 Å². The molecule has 21 heavy (non-hydrogen) atoms. The van der Waals surface area contributed by atoms with Crippen LogP contribution in [0.15, 0.2) is 46.9 Å². The number of rotatable bonds is 2. The monoisotopic (exact) mass is 345 g/mol. The van der Waals surface area contributed by atoms with Crippen LogP contribution in [0.2, 0.25) is 0 Å². The number of halogens is 1. The fourth-order valence-electron chi connectivity index (χ4n) is 2.24. The summed E-state index contributed by atoms with van der Waals surface area (Å²) in [6.45, 7) is 0. The van der Waals surface area contributed by atoms with Gasteiger partial charge in [0.15, 0.2) is 0 Å². The normalized spacial score (nSPS) is 13.5. The summed E-state index contributed by atoms with van der Waals surface area (Å²) < 4.78 is 0.385. The van der Waals surface area contributed by atoms with Crippen LogP contribution < -0.4 is 4.90 Å². The van der Waals surface area contributed by atoms with Crippen molar-refractivity contribution in [2.24, 2.45) is 0 Å². The third-order valence-electron chi connectivity index (χ3n) is 3.23. The summed E-state index contributed by atoms with van der Waals surface area (Å²) in [6.07, 6.45) is 0. The Kier molecular flexibility index (Phi) is 3.10. The second-order valence-corrected chi connectivity index (χ2v) is 5.31. The van der Waals surface area contributed by atoms with E-state index in [1.54, 1.807) is 24.3 Å². The van der Waals surface area contributed by atoms with Crippen molar-refractivity contribution in [2.45, 2.75) is 0 Å². The topological polar surface area (TPSA) is 74.7 Å². The summed E-state index contributed by atoms with van der Waals surface area (Å²) in [4.78, 5) is 36.8. The fraction of sp³-hybridized carbons (Fsp3) is 0. The molecule has 3 rings (SSSR count). The molecule has 0 saturated heterocycles. The number of anilines is 1. The van der Waals surface area contributed by atoms with Crippen LogP contribution in [0, 0.1) is 0 Å². The molecule has 1 aliphatic heterocycles. The average molecular weight is 346 g/mol. The maximum atomic E-state index is 12.3. The highest BCUT2D eigenvalue weighted by atomic mass is 79.9. The molecule has 1 heterocycles. The third kappa shape index (κ3) is 2.04. The summed E-state index contributed by atoms with van der Waals surface area (Å²) in [6, 6.07) is 10.8. The van der Waals surface area contributed by atoms with Crippen molar-refractivity contribution < 1.29 is 19.5 Å². The fourth-order valence-corrected chi connectivity index (χ4v) is 2.66. The van der Waals surface area contributed by atoms with Gasteiger partial charge in [0.1, 0.15) is 0 Å². The molecular weight excluding hydrogens is 338 g/mol. The molecule has 0 atom stereocenters. The van der Waals surface area contributed by atoms with Crippen LogP contribution in [0.1, 0.15) is 31.1 Å². The maximum absolute atomic E-state index is 12.3. The number of imide groups is 1. The Morgan fingerprint density at radius 3 is 2.10 bits per heavy atom. The van der Waals surface area contributed by atoms with Crippen molar-refractivity contribution in [1.82, 2.24) is 0 Å². The molecule has 0 aliphatic carbocycles. The Labute approximate surface area is 127 Å². The highest BCUT2D eigenvalue weighted by Gasteiger charge is 2.36. The van der Waals surface area contributed by atoms with Crippen LogP contribution in [-0.4, -0.2) is 22.9 Å². The number of carboxylic acids is 1. The van der Waals surface area contributed by atoms with Gasteiger partial charge in [-0.2, -0.15) is 0 Å². The Hall–Kier alpha value is -2.47. The van der Waals surface area contributed by atoms with Gasteiger partial charge in [0.05, 0.1) is 22.4 Å². The van der Waals surface area contributed by atoms with E-state index in [0.29, 0.717) is 15.6 Å². The van der Waals surface area contributed by atoms with E-state index < -0.39 is 17.8 Å². The molecule has 104 valence electrons. The van der Waals surface area contributed by atoms with Gasteiger partial charge in [0, 0.05) is 4.47 Å². The molecule has 2 aromatic carbocycles. The molecule has 0 saturated carbocycles. The lowest BCUT2D eigenvalue weighted by Crippen LogP contribution is -2.29. The van der Waals surface area contributed by atoms with Crippen LogP contribution in [0.25, 0.3) is 0 Å². The number of hydrogen-bond donors (Lipinski definition) is 1. The number of aromatic carboxylic acids is 1. The minimum atomic E-state index is -1.14. The van der Waals surface area contributed by atoms with E-state index in [-0.39, 0.29) is 11.3 Å². The first-order valence-electron chi connectivity index (χ1n) is 6.01. The van der Waals surface area contributed by atoms with E-state index in [1.165, 1.54) is 18.2 Å². The van der Waals surface area contributed by atoms with Crippen molar-refractivity contribution in [3.8, 4) is 0 Å². The number of carbonyl (C=O) groups is 3. The first kappa shape index (κ1) is 13.5. The highest BCUT2D eigenvalue weighted by Crippen LogP contribution is 2.30. The summed E-state index contributed by atoms with van der Waals surface area (Å²) in [5, 5.41) is 9.12. The van der Waals surface area contributed by atoms with E-state index in [4.69, 9.17) is 5.11 Å². The molecule has 1 N–H and O–H groups in total. The minimum absolute atomic E-state index is 0.0101. The Balaban J connectivity index is 2.11. The molecule has 0 aromatic heterocycles. The molecule has 0 bridgehead atoms. The number of fused-ring (bicyclic) bond motifs is 1. The van der Waals surface area contributed by atoms with Gasteiger partial charge in [0.25, 0.3) is 11.8 Å². The zero-order valence-electron chi connectivity index (χ0n) is 10.5. The quantitative estimate of drug-likeness (QED) is 0.849. The maximum Gasteiger partial charge on any atom is 0.336 e. The molecule has 0 fully saturated rings. The molecule has 2 amide bonds. The van der Waals surface area contributed by atoms with Crippen LogP contribution in [-0.2, 0) is 0 Å². The summed E-state index contributed by atoms with van der Waals surface area (Å²) in [7, 11) is 0. The predicted molar refractivity (Wildman–Crippen MR) is 78.7 cm³/mol. The number of carboxylic acid groups (broad SMARTS) is 1. The number of amides is 2. The number of carbonyl (C=O) groups excluding carboxylic acids is 2. The van der Waals surface area contributed by atoms with Crippen LogP contribution >= 0.6 is 15.9 Å². The van der Waals surface area contributed by atoms with Crippen molar-refractivity contribution in [1.29, 1.82) is 0 Å². The molecule has 0 radical (unpaired) electrons. The van der Waals surface area contributed by atoms with E-state index >= 15 is 0 Å². The van der Waals surface area contributed by atoms with Crippen LogP contribution in [0.4, 0.5) is 5.69 Å². The van der Waals surface area contributed by atoms with E-state index in [2.05, 4.69) is 15.9 Å². The molecule has 2 aromatic rings. The third-order valence-corrected chi connectivity index (χ3v) is 3.92. The zero-order chi connectivity index (χ0) is 15.1. The number of benzene rings is 2. The minimum Gasteiger partial charge on any atom is -0.478 e. The van der Waals surface area contributed by atoms with Gasteiger partial charge in [-0.25, -0.2) is 9.69 Å². The van der Waals surface area contributed by atoms with Crippen molar-refractivity contribution >= 4 is 39.4 Å². The largest absolute Gasteiger partial charge is 0.478 e. The summed E-state index contributed by atoms with van der Waals surface area (Å²) >= 11 is 3.13. The Morgan fingerprint density at radius 1 is 1.00 bits per heavy atom. The first-order chi connectivity index (χ1) is 10.0. The second kappa shape index (κ2) is 4.82. The van der Waals surface area contributed by atoms with E-state index in [0.717, 1.165) is 4.90 Å². The SMILES string of the molecule is O=C(O)c1cc(N2C(=O)c3ccccc3C2=O)ccc1Br. The van der Waals surface area contributed by atoms with Crippen molar-refractivity contribution in [2.75, 3.05) is 4.90 Å². The Morgan fingerprint density at radius 2 is 1.57 bits per heavy atom. The van der Waals surface area contributed by atoms with Gasteiger partial charge in [0.2, 0.25) is 0 Å². The van der Waals surface area contributed by atoms with Crippen LogP contribution in [0.3, 0.4) is 0 Å². The molecule has 5 nitrogen and oxygen atoms in total. The lowest BCUT2D eigenvalue weighted by molar-refractivity contribution is 0.0694. The predicted octanol–water partition coefficient (Wildman–Crippen LogP) is 2.95. The van der Waals surface area contributed by atoms with Crippen molar-refractivity contribution in [3.05, 3.63) is 63.6 Å². The Bertz CT molecular complexity index is 765. The second-order valence-electron chi connectivity index (χ2n) is 4.46.